The van der Waals surface area contributed by atoms with Crippen LogP contribution in [0.25, 0.3) is 0 Å². The molecule has 1 heterocycles. The van der Waals surface area contributed by atoms with E-state index >= 15 is 0 Å². The van der Waals surface area contributed by atoms with Crippen LogP contribution in [0.1, 0.15) is 5.82 Å². The second kappa shape index (κ2) is 4.05. The Balaban J connectivity index is 0.00000121. The van der Waals surface area contributed by atoms with Crippen LogP contribution in [0.3, 0.4) is 0 Å². The van der Waals surface area contributed by atoms with Crippen molar-refractivity contribution in [3.05, 3.63) is 16.3 Å². The van der Waals surface area contributed by atoms with E-state index in [1.165, 1.54) is 0 Å². The van der Waals surface area contributed by atoms with E-state index < -0.39 is 17.7 Å². The van der Waals surface area contributed by atoms with Crippen molar-refractivity contribution in [3.8, 4) is 0 Å². The number of hydrogen-bond acceptors (Lipinski definition) is 2. The largest absolute Gasteiger partial charge is 1.00 e. The molecular formula is C4H3F3KN3O. The van der Waals surface area contributed by atoms with E-state index in [4.69, 9.17) is 0 Å². The van der Waals surface area contributed by atoms with Gasteiger partial charge < -0.3 is 9.67 Å². The summed E-state index contributed by atoms with van der Waals surface area (Å²) < 4.78 is 35.7. The standard InChI is InChI=1S/C4H4F3N3O.K/c1-10-2(4(5,6)7)8-9-3(10)11;/h1H3,(H,9,11);/q;+1/p-1. The molecule has 0 aliphatic heterocycles. The first-order chi connectivity index (χ1) is 4.93. The fourth-order valence-electron chi connectivity index (χ4n) is 0.562. The normalized spacial score (nSPS) is 11.0. The van der Waals surface area contributed by atoms with Crippen LogP contribution in [0.2, 0.25) is 0 Å². The smallest absolute Gasteiger partial charge is 0.394 e. The molecule has 0 saturated heterocycles. The van der Waals surface area contributed by atoms with E-state index in [0.29, 0.717) is 4.57 Å². The Kier molecular flexibility index (Phi) is 4.17. The van der Waals surface area contributed by atoms with Gasteiger partial charge in [-0.1, -0.05) is 7.05 Å². The Morgan fingerprint density at radius 1 is 1.50 bits per heavy atom. The zero-order valence-corrected chi connectivity index (χ0v) is 9.51. The summed E-state index contributed by atoms with van der Waals surface area (Å²) >= 11 is 0. The Morgan fingerprint density at radius 2 is 2.00 bits per heavy atom. The van der Waals surface area contributed by atoms with Crippen molar-refractivity contribution in [1.29, 1.82) is 0 Å². The van der Waals surface area contributed by atoms with Gasteiger partial charge in [0.1, 0.15) is 5.82 Å². The molecule has 0 fully saturated rings. The minimum atomic E-state index is -4.61. The molecule has 8 heteroatoms. The van der Waals surface area contributed by atoms with Gasteiger partial charge in [-0.3, -0.25) is 9.89 Å². The first-order valence-electron chi connectivity index (χ1n) is 2.56. The van der Waals surface area contributed by atoms with E-state index in [1.54, 1.807) is 0 Å². The molecule has 4 nitrogen and oxygen atoms in total. The molecule has 0 amide bonds. The maximum absolute atomic E-state index is 11.8. The van der Waals surface area contributed by atoms with Gasteiger partial charge in [-0.2, -0.15) is 13.2 Å². The van der Waals surface area contributed by atoms with Crippen molar-refractivity contribution >= 4 is 0 Å². The number of hydrogen-bond donors (Lipinski definition) is 0. The summed E-state index contributed by atoms with van der Waals surface area (Å²) in [6.45, 7) is 0. The molecule has 0 saturated carbocycles. The molecule has 0 spiro atoms. The summed E-state index contributed by atoms with van der Waals surface area (Å²) in [7, 11) is 0.963. The number of nitrogens with zero attached hydrogens (tertiary/aromatic N) is 3. The van der Waals surface area contributed by atoms with E-state index in [-0.39, 0.29) is 51.4 Å². The quantitative estimate of drug-likeness (QED) is 0.418. The Morgan fingerprint density at radius 3 is 2.17 bits per heavy atom. The molecule has 1 rings (SSSR count). The van der Waals surface area contributed by atoms with E-state index in [1.807, 2.05) is 0 Å². The average molecular weight is 205 g/mol. The Hall–Kier alpha value is 0.366. The average Bonchev–Trinajstić information content (AvgIpc) is 2.11. The fraction of sp³-hybridized carbons (Fsp3) is 0.500. The first-order valence-corrected chi connectivity index (χ1v) is 2.56. The van der Waals surface area contributed by atoms with Crippen LogP contribution in [0.15, 0.2) is 4.79 Å². The third-order valence-corrected chi connectivity index (χ3v) is 1.09. The summed E-state index contributed by atoms with van der Waals surface area (Å²) in [5, 5.41) is 5.38. The van der Waals surface area contributed by atoms with Gasteiger partial charge in [0.2, 0.25) is 0 Å². The summed E-state index contributed by atoms with van der Waals surface area (Å²) in [4.78, 5) is 10.4. The van der Waals surface area contributed by atoms with Crippen LogP contribution >= 0.6 is 0 Å². The summed E-state index contributed by atoms with van der Waals surface area (Å²) in [5.74, 6) is -1.28. The molecule has 1 aromatic rings. The van der Waals surface area contributed by atoms with Gasteiger partial charge in [-0.15, -0.1) is 0 Å². The molecule has 0 atom stereocenters. The fourth-order valence-corrected chi connectivity index (χ4v) is 0.562. The van der Waals surface area contributed by atoms with Crippen LogP contribution in [-0.4, -0.2) is 9.67 Å². The van der Waals surface area contributed by atoms with Crippen molar-refractivity contribution in [1.82, 2.24) is 14.8 Å². The third-order valence-electron chi connectivity index (χ3n) is 1.09. The number of rotatable bonds is 0. The summed E-state index contributed by atoms with van der Waals surface area (Å²) in [6, 6.07) is 0. The van der Waals surface area contributed by atoms with Crippen LogP contribution in [0.4, 0.5) is 13.2 Å². The minimum Gasteiger partial charge on any atom is -0.394 e. The molecule has 0 bridgehead atoms. The summed E-state index contributed by atoms with van der Waals surface area (Å²) in [5.41, 5.74) is -1.00. The monoisotopic (exact) mass is 205 g/mol. The first kappa shape index (κ1) is 12.4. The van der Waals surface area contributed by atoms with Crippen LogP contribution in [0, 0.1) is 0 Å². The third kappa shape index (κ3) is 2.42. The topological polar surface area (TPSA) is 49.0 Å². The van der Waals surface area contributed by atoms with Crippen molar-refractivity contribution in [2.45, 2.75) is 6.18 Å². The van der Waals surface area contributed by atoms with Gasteiger partial charge in [0, 0.05) is 0 Å². The molecule has 0 radical (unpaired) electrons. The molecule has 0 N–H and O–H groups in total. The van der Waals surface area contributed by atoms with Gasteiger partial charge >= 0.3 is 57.6 Å². The second-order valence-electron chi connectivity index (χ2n) is 1.86. The van der Waals surface area contributed by atoms with Crippen LogP contribution in [0.5, 0.6) is 0 Å². The Bertz CT molecular complexity index is 314. The van der Waals surface area contributed by atoms with Crippen molar-refractivity contribution in [3.63, 3.8) is 0 Å². The van der Waals surface area contributed by atoms with Gasteiger partial charge in [0.25, 0.3) is 0 Å². The van der Waals surface area contributed by atoms with Crippen molar-refractivity contribution in [2.24, 2.45) is 7.05 Å². The van der Waals surface area contributed by atoms with E-state index in [9.17, 15) is 18.0 Å². The number of alkyl halides is 3. The van der Waals surface area contributed by atoms with Gasteiger partial charge in [-0.05, 0) is 0 Å². The molecule has 62 valence electrons. The molecule has 0 aliphatic carbocycles. The Labute approximate surface area is 108 Å². The van der Waals surface area contributed by atoms with E-state index in [0.717, 1.165) is 7.05 Å². The maximum atomic E-state index is 11.8. The van der Waals surface area contributed by atoms with Crippen molar-refractivity contribution in [2.75, 3.05) is 0 Å². The van der Waals surface area contributed by atoms with Crippen LogP contribution in [-0.2, 0) is 13.2 Å². The molecule has 0 aromatic carbocycles. The van der Waals surface area contributed by atoms with Crippen molar-refractivity contribution < 1.29 is 64.6 Å². The van der Waals surface area contributed by atoms with Gasteiger partial charge in [0.15, 0.2) is 5.69 Å². The predicted molar refractivity (Wildman–Crippen MR) is 27.8 cm³/mol. The van der Waals surface area contributed by atoms with Gasteiger partial charge in [-0.25, -0.2) is 0 Å². The molecular weight excluding hydrogens is 202 g/mol. The zero-order chi connectivity index (χ0) is 8.65. The maximum Gasteiger partial charge on any atom is 1.00 e. The number of halogens is 3. The molecule has 0 unspecified atom stereocenters. The molecule has 12 heavy (non-hydrogen) atoms. The van der Waals surface area contributed by atoms with E-state index in [2.05, 4.69) is 10.2 Å². The zero-order valence-electron chi connectivity index (χ0n) is 6.38. The van der Waals surface area contributed by atoms with Gasteiger partial charge in [0.05, 0.1) is 0 Å². The minimum absolute atomic E-state index is 0. The molecule has 0 aliphatic rings. The SMILES string of the molecule is Cn1c(C(F)(F)F)n[n-]c1=O.[K+]. The second-order valence-corrected chi connectivity index (χ2v) is 1.86. The van der Waals surface area contributed by atoms with Crippen LogP contribution < -0.4 is 62.2 Å². The predicted octanol–water partition coefficient (Wildman–Crippen LogP) is -3.24. The molecule has 1 aromatic heterocycles. The number of aromatic nitrogens is 3. The summed E-state index contributed by atoms with van der Waals surface area (Å²) in [6.07, 6.45) is -4.61.